The average Bonchev–Trinajstić information content (AvgIpc) is 2.31. The van der Waals surface area contributed by atoms with Gasteiger partial charge in [0.15, 0.2) is 0 Å². The van der Waals surface area contributed by atoms with E-state index >= 15 is 0 Å². The Bertz CT molecular complexity index is 145. The Morgan fingerprint density at radius 3 is 2.91 bits per heavy atom. The highest BCUT2D eigenvalue weighted by atomic mass is 32.1. The molecule has 1 aliphatic rings. The molecule has 1 fully saturated rings. The summed E-state index contributed by atoms with van der Waals surface area (Å²) >= 11 is 5.09. The van der Waals surface area contributed by atoms with Crippen LogP contribution < -0.4 is 10.6 Å². The van der Waals surface area contributed by atoms with Crippen LogP contribution in [0.15, 0.2) is 0 Å². The molecule has 1 unspecified atom stereocenters. The molecule has 1 rings (SSSR count). The smallest absolute Gasteiger partial charge is 0.0273 e. The van der Waals surface area contributed by atoms with E-state index in [-0.39, 0.29) is 0 Å². The van der Waals surface area contributed by atoms with Gasteiger partial charge in [-0.1, -0.05) is 26.1 Å². The number of thiocarbonyl (C=S) groups is 1. The predicted octanol–water partition coefficient (Wildman–Crippen LogP) is 0.716. The van der Waals surface area contributed by atoms with E-state index in [2.05, 4.69) is 24.5 Å². The highest BCUT2D eigenvalue weighted by molar-refractivity contribution is 7.80. The molecule has 1 saturated heterocycles. The molecule has 0 bridgehead atoms. The molecule has 64 valence electrons. The van der Waals surface area contributed by atoms with Gasteiger partial charge in [-0.15, -0.1) is 0 Å². The van der Waals surface area contributed by atoms with Gasteiger partial charge in [0.1, 0.15) is 0 Å². The molecule has 0 radical (unpaired) electrons. The molecule has 0 aromatic carbocycles. The highest BCUT2D eigenvalue weighted by Gasteiger charge is 2.17. The maximum absolute atomic E-state index is 5.09. The minimum absolute atomic E-state index is 0.574. The topological polar surface area (TPSA) is 24.1 Å². The first-order valence-corrected chi connectivity index (χ1v) is 4.58. The summed E-state index contributed by atoms with van der Waals surface area (Å²) in [5, 5.41) is 6.74. The van der Waals surface area contributed by atoms with Gasteiger partial charge in [-0.25, -0.2) is 0 Å². The lowest BCUT2D eigenvalue weighted by atomic mass is 10.2. The van der Waals surface area contributed by atoms with Gasteiger partial charge < -0.3 is 10.6 Å². The molecular weight excluding hydrogens is 156 g/mol. The van der Waals surface area contributed by atoms with Crippen molar-refractivity contribution in [2.24, 2.45) is 0 Å². The van der Waals surface area contributed by atoms with Gasteiger partial charge in [0.05, 0.1) is 0 Å². The molecule has 0 spiro atoms. The van der Waals surface area contributed by atoms with Crippen LogP contribution in [-0.2, 0) is 0 Å². The van der Waals surface area contributed by atoms with Crippen molar-refractivity contribution in [3.8, 4) is 0 Å². The van der Waals surface area contributed by atoms with Crippen LogP contribution in [0.2, 0.25) is 0 Å². The minimum Gasteiger partial charge on any atom is -0.313 e. The van der Waals surface area contributed by atoms with Crippen molar-refractivity contribution < 1.29 is 0 Å². The lowest BCUT2D eigenvalue weighted by Crippen LogP contribution is -2.37. The molecular formula is C8H16N2S. The van der Waals surface area contributed by atoms with Crippen molar-refractivity contribution >= 4 is 17.1 Å². The number of nitrogens with one attached hydrogen (secondary N) is 2. The quantitative estimate of drug-likeness (QED) is 0.613. The van der Waals surface area contributed by atoms with E-state index in [1.165, 1.54) is 4.86 Å². The van der Waals surface area contributed by atoms with Gasteiger partial charge in [0, 0.05) is 30.0 Å². The van der Waals surface area contributed by atoms with Gasteiger partial charge in [-0.2, -0.15) is 0 Å². The summed E-state index contributed by atoms with van der Waals surface area (Å²) in [7, 11) is 0. The molecule has 0 saturated carbocycles. The van der Waals surface area contributed by atoms with Crippen LogP contribution in [0.4, 0.5) is 0 Å². The molecule has 0 aromatic heterocycles. The summed E-state index contributed by atoms with van der Waals surface area (Å²) in [5.41, 5.74) is 0. The van der Waals surface area contributed by atoms with Crippen molar-refractivity contribution in [3.63, 3.8) is 0 Å². The van der Waals surface area contributed by atoms with E-state index in [0.29, 0.717) is 12.1 Å². The molecule has 1 atom stereocenters. The first-order chi connectivity index (χ1) is 5.18. The second-order valence-corrected chi connectivity index (χ2v) is 3.96. The summed E-state index contributed by atoms with van der Waals surface area (Å²) in [4.78, 5) is 1.17. The van der Waals surface area contributed by atoms with Crippen LogP contribution >= 0.6 is 12.2 Å². The minimum atomic E-state index is 0.574. The number of hydrogen-bond donors (Lipinski definition) is 2. The van der Waals surface area contributed by atoms with Crippen LogP contribution in [-0.4, -0.2) is 30.0 Å². The Morgan fingerprint density at radius 1 is 1.73 bits per heavy atom. The molecule has 2 nitrogen and oxygen atoms in total. The summed E-state index contributed by atoms with van der Waals surface area (Å²) in [6.07, 6.45) is 1.06. The summed E-state index contributed by atoms with van der Waals surface area (Å²) in [6, 6.07) is 1.15. The second-order valence-electron chi connectivity index (χ2n) is 3.38. The molecule has 3 heteroatoms. The molecule has 0 aliphatic carbocycles. The first kappa shape index (κ1) is 9.10. The standard InChI is InChI=1S/C8H16N2S/c1-6(2)9-4-7-3-8(11)5-10-7/h6-7,9-10H,3-5H2,1-2H3. The van der Waals surface area contributed by atoms with Crippen LogP contribution in [0.1, 0.15) is 20.3 Å². The van der Waals surface area contributed by atoms with Crippen LogP contribution in [0.3, 0.4) is 0 Å². The van der Waals surface area contributed by atoms with Gasteiger partial charge in [0.2, 0.25) is 0 Å². The normalized spacial score (nSPS) is 25.0. The van der Waals surface area contributed by atoms with Crippen LogP contribution in [0.5, 0.6) is 0 Å². The molecule has 11 heavy (non-hydrogen) atoms. The monoisotopic (exact) mass is 172 g/mol. The van der Waals surface area contributed by atoms with E-state index < -0.39 is 0 Å². The largest absolute Gasteiger partial charge is 0.313 e. The van der Waals surface area contributed by atoms with Gasteiger partial charge in [-0.3, -0.25) is 0 Å². The summed E-state index contributed by atoms with van der Waals surface area (Å²) < 4.78 is 0. The first-order valence-electron chi connectivity index (χ1n) is 4.17. The fourth-order valence-corrected chi connectivity index (χ4v) is 1.48. The van der Waals surface area contributed by atoms with E-state index in [1.54, 1.807) is 0 Å². The molecule has 1 heterocycles. The molecule has 0 amide bonds. The van der Waals surface area contributed by atoms with Crippen molar-refractivity contribution in [2.45, 2.75) is 32.4 Å². The van der Waals surface area contributed by atoms with Crippen molar-refractivity contribution in [1.29, 1.82) is 0 Å². The molecule has 1 aliphatic heterocycles. The van der Waals surface area contributed by atoms with Gasteiger partial charge >= 0.3 is 0 Å². The number of hydrogen-bond acceptors (Lipinski definition) is 3. The van der Waals surface area contributed by atoms with E-state index in [0.717, 1.165) is 19.5 Å². The third kappa shape index (κ3) is 3.27. The maximum Gasteiger partial charge on any atom is 0.0273 e. The fraction of sp³-hybridized carbons (Fsp3) is 0.875. The highest BCUT2D eigenvalue weighted by Crippen LogP contribution is 2.02. The zero-order valence-corrected chi connectivity index (χ0v) is 8.00. The zero-order valence-electron chi connectivity index (χ0n) is 7.18. The third-order valence-electron chi connectivity index (χ3n) is 1.83. The van der Waals surface area contributed by atoms with Crippen molar-refractivity contribution in [1.82, 2.24) is 10.6 Å². The van der Waals surface area contributed by atoms with Crippen molar-refractivity contribution in [3.05, 3.63) is 0 Å². The van der Waals surface area contributed by atoms with E-state index in [4.69, 9.17) is 12.2 Å². The van der Waals surface area contributed by atoms with Gasteiger partial charge in [-0.05, 0) is 6.42 Å². The Labute approximate surface area is 73.7 Å². The zero-order chi connectivity index (χ0) is 8.27. The Kier molecular flexibility index (Phi) is 3.43. The molecule has 0 aromatic rings. The maximum atomic E-state index is 5.09. The fourth-order valence-electron chi connectivity index (χ4n) is 1.20. The van der Waals surface area contributed by atoms with Gasteiger partial charge in [0.25, 0.3) is 0 Å². The average molecular weight is 172 g/mol. The predicted molar refractivity (Wildman–Crippen MR) is 52.1 cm³/mol. The Hall–Kier alpha value is 0.01000. The van der Waals surface area contributed by atoms with E-state index in [9.17, 15) is 0 Å². The van der Waals surface area contributed by atoms with Crippen LogP contribution in [0.25, 0.3) is 0 Å². The summed E-state index contributed by atoms with van der Waals surface area (Å²) in [5.74, 6) is 0. The SMILES string of the molecule is CC(C)NCC1CC(=S)CN1. The lowest BCUT2D eigenvalue weighted by Gasteiger charge is -2.12. The Balaban J connectivity index is 2.13. The second kappa shape index (κ2) is 4.14. The number of rotatable bonds is 3. The van der Waals surface area contributed by atoms with E-state index in [1.807, 2.05) is 0 Å². The lowest BCUT2D eigenvalue weighted by molar-refractivity contribution is 0.500. The third-order valence-corrected chi connectivity index (χ3v) is 2.15. The van der Waals surface area contributed by atoms with Crippen LogP contribution in [0, 0.1) is 0 Å². The molecule has 2 N–H and O–H groups in total. The Morgan fingerprint density at radius 2 is 2.45 bits per heavy atom. The summed E-state index contributed by atoms with van der Waals surface area (Å²) in [6.45, 7) is 6.29. The van der Waals surface area contributed by atoms with Crippen molar-refractivity contribution in [2.75, 3.05) is 13.1 Å².